The molecule has 0 aliphatic carbocycles. The van der Waals surface area contributed by atoms with Crippen LogP contribution in [0.1, 0.15) is 23.7 Å². The van der Waals surface area contributed by atoms with Gasteiger partial charge in [-0.3, -0.25) is 19.3 Å². The quantitative estimate of drug-likeness (QED) is 0.532. The molecule has 0 spiro atoms. The van der Waals surface area contributed by atoms with E-state index in [2.05, 4.69) is 0 Å². The molecule has 2 heterocycles. The second-order valence-electron chi connectivity index (χ2n) is 8.37. The first-order valence-electron chi connectivity index (χ1n) is 11.1. The molecule has 1 saturated heterocycles. The molecule has 11 nitrogen and oxygen atoms in total. The third kappa shape index (κ3) is 4.80. The molecular formula is C23H25N3O8S2. The lowest BCUT2D eigenvalue weighted by atomic mass is 10.2. The monoisotopic (exact) mass is 535 g/mol. The van der Waals surface area contributed by atoms with Gasteiger partial charge in [-0.1, -0.05) is 19.1 Å². The summed E-state index contributed by atoms with van der Waals surface area (Å²) in [4.78, 5) is 40.2. The molecule has 2 aliphatic heterocycles. The van der Waals surface area contributed by atoms with Gasteiger partial charge in [0.15, 0.2) is 26.3 Å². The number of hydrazine groups is 1. The maximum absolute atomic E-state index is 13.3. The number of benzene rings is 2. The number of sulfone groups is 2. The molecule has 0 radical (unpaired) electrons. The lowest BCUT2D eigenvalue weighted by Gasteiger charge is -2.33. The minimum Gasteiger partial charge on any atom is -0.482 e. The summed E-state index contributed by atoms with van der Waals surface area (Å²) in [6.07, 6.45) is 1.46. The minimum absolute atomic E-state index is 0.00476. The Morgan fingerprint density at radius 3 is 2.39 bits per heavy atom. The second-order valence-corrected chi connectivity index (χ2v) is 12.6. The fourth-order valence-corrected chi connectivity index (χ4v) is 5.90. The van der Waals surface area contributed by atoms with E-state index in [0.717, 1.165) is 11.2 Å². The number of carbonyl (C=O) groups excluding carboxylic acids is 3. The number of nitrogens with zero attached hydrogens (tertiary/aromatic N) is 3. The largest absolute Gasteiger partial charge is 0.482 e. The first-order valence-corrected chi connectivity index (χ1v) is 14.7. The number of hydrogen-bond donors (Lipinski definition) is 0. The van der Waals surface area contributed by atoms with Crippen LogP contribution in [0.25, 0.3) is 0 Å². The zero-order valence-corrected chi connectivity index (χ0v) is 21.3. The highest BCUT2D eigenvalue weighted by Crippen LogP contribution is 2.34. The van der Waals surface area contributed by atoms with Crippen molar-refractivity contribution in [2.75, 3.05) is 43.1 Å². The van der Waals surface area contributed by atoms with E-state index >= 15 is 0 Å². The molecule has 0 bridgehead atoms. The van der Waals surface area contributed by atoms with Gasteiger partial charge < -0.3 is 4.74 Å². The number of hydrogen-bond acceptors (Lipinski definition) is 8. The molecule has 4 rings (SSSR count). The Labute approximate surface area is 209 Å². The average molecular weight is 536 g/mol. The highest BCUT2D eigenvalue weighted by molar-refractivity contribution is 7.91. The van der Waals surface area contributed by atoms with Crippen LogP contribution in [0.2, 0.25) is 0 Å². The van der Waals surface area contributed by atoms with Gasteiger partial charge in [-0.05, 0) is 36.8 Å². The molecule has 1 fully saturated rings. The number of ether oxygens (including phenoxy) is 1. The van der Waals surface area contributed by atoms with Crippen molar-refractivity contribution in [2.45, 2.75) is 23.1 Å². The summed E-state index contributed by atoms with van der Waals surface area (Å²) < 4.78 is 54.5. The Hall–Kier alpha value is -3.45. The summed E-state index contributed by atoms with van der Waals surface area (Å²) in [7, 11) is -7.27. The number of carbonyl (C=O) groups is 3. The van der Waals surface area contributed by atoms with Crippen LogP contribution in [-0.4, -0.2) is 82.8 Å². The fourth-order valence-electron chi connectivity index (χ4n) is 4.12. The maximum Gasteiger partial charge on any atom is 0.273 e. The number of amides is 3. The highest BCUT2D eigenvalue weighted by Gasteiger charge is 2.36. The van der Waals surface area contributed by atoms with Gasteiger partial charge in [-0.25, -0.2) is 26.9 Å². The van der Waals surface area contributed by atoms with Gasteiger partial charge in [0.25, 0.3) is 17.7 Å². The van der Waals surface area contributed by atoms with Gasteiger partial charge in [0, 0.05) is 19.3 Å². The van der Waals surface area contributed by atoms with E-state index in [9.17, 15) is 31.2 Å². The van der Waals surface area contributed by atoms with Crippen molar-refractivity contribution >= 4 is 43.1 Å². The van der Waals surface area contributed by atoms with E-state index in [1.165, 1.54) is 59.4 Å². The standard InChI is InChI=1S/C23H25N3O8S2/c1-3-36(32,33)16-9-10-19-18(13-16)24(22(28)15-34-19)14-21(27)25-11-6-12-26(25)23(29)17-7-4-5-8-20(17)35(2,30)31/h4-5,7-10,13H,3,6,11-12,14-15H2,1-2H3. The number of rotatable bonds is 6. The van der Waals surface area contributed by atoms with Gasteiger partial charge >= 0.3 is 0 Å². The summed E-state index contributed by atoms with van der Waals surface area (Å²) >= 11 is 0. The minimum atomic E-state index is -3.69. The number of anilines is 1. The lowest BCUT2D eigenvalue weighted by molar-refractivity contribution is -0.140. The zero-order valence-electron chi connectivity index (χ0n) is 19.7. The van der Waals surface area contributed by atoms with Crippen LogP contribution in [-0.2, 0) is 29.3 Å². The third-order valence-corrected chi connectivity index (χ3v) is 8.86. The molecule has 192 valence electrons. The Morgan fingerprint density at radius 2 is 1.69 bits per heavy atom. The topological polar surface area (TPSA) is 138 Å². The Balaban J connectivity index is 1.62. The summed E-state index contributed by atoms with van der Waals surface area (Å²) in [6.45, 7) is 1.10. The van der Waals surface area contributed by atoms with E-state index in [1.54, 1.807) is 0 Å². The molecule has 13 heteroatoms. The molecule has 2 aromatic carbocycles. The summed E-state index contributed by atoms with van der Waals surface area (Å²) in [5.74, 6) is -1.65. The van der Waals surface area contributed by atoms with Crippen LogP contribution in [0.5, 0.6) is 5.75 Å². The predicted octanol–water partition coefficient (Wildman–Crippen LogP) is 0.899. The van der Waals surface area contributed by atoms with E-state index in [0.29, 0.717) is 6.42 Å². The van der Waals surface area contributed by atoms with Crippen LogP contribution < -0.4 is 9.64 Å². The molecule has 2 aromatic rings. The van der Waals surface area contributed by atoms with Crippen LogP contribution >= 0.6 is 0 Å². The Kier molecular flexibility index (Phi) is 6.80. The van der Waals surface area contributed by atoms with Gasteiger partial charge in [0.2, 0.25) is 0 Å². The summed E-state index contributed by atoms with van der Waals surface area (Å²) in [5.41, 5.74) is 0.0931. The van der Waals surface area contributed by atoms with Crippen LogP contribution in [0.15, 0.2) is 52.3 Å². The van der Waals surface area contributed by atoms with E-state index < -0.39 is 43.9 Å². The molecule has 2 aliphatic rings. The van der Waals surface area contributed by atoms with Gasteiger partial charge in [0.1, 0.15) is 12.3 Å². The van der Waals surface area contributed by atoms with E-state index in [4.69, 9.17) is 4.74 Å². The van der Waals surface area contributed by atoms with Crippen molar-refractivity contribution in [3.05, 3.63) is 48.0 Å². The van der Waals surface area contributed by atoms with E-state index in [-0.39, 0.29) is 52.2 Å². The molecular weight excluding hydrogens is 510 g/mol. The smallest absolute Gasteiger partial charge is 0.273 e. The van der Waals surface area contributed by atoms with Crippen molar-refractivity contribution < 1.29 is 36.0 Å². The maximum atomic E-state index is 13.3. The van der Waals surface area contributed by atoms with Gasteiger partial charge in [0.05, 0.1) is 26.8 Å². The van der Waals surface area contributed by atoms with Crippen LogP contribution in [0.3, 0.4) is 0 Å². The van der Waals surface area contributed by atoms with Crippen molar-refractivity contribution in [2.24, 2.45) is 0 Å². The van der Waals surface area contributed by atoms with Crippen molar-refractivity contribution in [3.8, 4) is 5.75 Å². The lowest BCUT2D eigenvalue weighted by Crippen LogP contribution is -2.51. The van der Waals surface area contributed by atoms with Gasteiger partial charge in [-0.2, -0.15) is 0 Å². The first-order chi connectivity index (χ1) is 16.9. The zero-order chi connectivity index (χ0) is 26.3. The normalized spacial score (nSPS) is 16.1. The molecule has 0 N–H and O–H groups in total. The molecule has 0 atom stereocenters. The third-order valence-electron chi connectivity index (χ3n) is 5.98. The fraction of sp³-hybridized carbons (Fsp3) is 0.348. The summed E-state index contributed by atoms with van der Waals surface area (Å²) in [6, 6.07) is 9.88. The molecule has 3 amide bonds. The van der Waals surface area contributed by atoms with Gasteiger partial charge in [-0.15, -0.1) is 0 Å². The van der Waals surface area contributed by atoms with Crippen LogP contribution in [0, 0.1) is 0 Å². The average Bonchev–Trinajstić information content (AvgIpc) is 3.34. The molecule has 0 unspecified atom stereocenters. The molecule has 0 saturated carbocycles. The first kappa shape index (κ1) is 25.6. The van der Waals surface area contributed by atoms with Crippen molar-refractivity contribution in [3.63, 3.8) is 0 Å². The Morgan fingerprint density at radius 1 is 1.00 bits per heavy atom. The van der Waals surface area contributed by atoms with Crippen molar-refractivity contribution in [1.82, 2.24) is 10.0 Å². The SMILES string of the molecule is CCS(=O)(=O)c1ccc2c(c1)N(CC(=O)N1CCCN1C(=O)c1ccccc1S(C)(=O)=O)C(=O)CO2. The number of fused-ring (bicyclic) bond motifs is 1. The summed E-state index contributed by atoms with van der Waals surface area (Å²) in [5, 5.41) is 2.37. The van der Waals surface area contributed by atoms with E-state index in [1.807, 2.05) is 0 Å². The van der Waals surface area contributed by atoms with Crippen molar-refractivity contribution in [1.29, 1.82) is 0 Å². The van der Waals surface area contributed by atoms with Crippen LogP contribution in [0.4, 0.5) is 5.69 Å². The second kappa shape index (κ2) is 9.54. The Bertz CT molecular complexity index is 1450. The molecule has 36 heavy (non-hydrogen) atoms. The molecule has 0 aromatic heterocycles. The highest BCUT2D eigenvalue weighted by atomic mass is 32.2. The predicted molar refractivity (Wildman–Crippen MR) is 129 cm³/mol.